The number of phenols is 1. The maximum Gasteiger partial charge on any atom is 0.534 e. The molecule has 0 bridgehead atoms. The number of alkyl halides is 3. The van der Waals surface area contributed by atoms with Crippen molar-refractivity contribution >= 4 is 198 Å². The zero-order valence-electron chi connectivity index (χ0n) is 72.8. The molecule has 0 unspecified atom stereocenters. The molecular weight excluding hydrogens is 2310 g/mol. The normalized spacial score (nSPS) is 11.1. The second-order valence-corrected chi connectivity index (χ2v) is 32.1. The SMILES string of the molecule is CCCNC(=O)/C(C#N)=N/NC1=CCCC(F)=C1I.CCCNC(=O)c1nnc2c(-c3ccc(OC)cc3OC)c(F)ccc2c1N.CCCNC(=O)c1nnc2c(I)c(F)ccc2c1N.COc1ccc(B(O)O)c(OC)c1.Nc1cccc(F)c1I.O=[N+]([O-])c1cccc(F)c1I.O=[N+]([O-])c1cccc(F)c1O.O=[N+]([O-])c1cccc(F)c1OS(=O)(=O)C(F)(F)F.[C-]#[N+]CC(=O)NCCC. The number of hydrazone groups is 1. The summed E-state index contributed by atoms with van der Waals surface area (Å²) in [6.45, 7) is 16.2. The Morgan fingerprint density at radius 3 is 1.53 bits per heavy atom. The Morgan fingerprint density at radius 2 is 1.05 bits per heavy atom. The number of phenolic OH excluding ortho intramolecular Hbond substituents is 1. The minimum absolute atomic E-state index is 0.0141. The van der Waals surface area contributed by atoms with Crippen LogP contribution in [0.5, 0.6) is 34.5 Å². The van der Waals surface area contributed by atoms with Crippen molar-refractivity contribution in [2.75, 3.05) is 78.4 Å². The fourth-order valence-electron chi connectivity index (χ4n) is 10.0. The van der Waals surface area contributed by atoms with Gasteiger partial charge in [0.1, 0.15) is 72.8 Å². The van der Waals surface area contributed by atoms with E-state index in [-0.39, 0.29) is 84.6 Å². The van der Waals surface area contributed by atoms with Gasteiger partial charge in [-0.15, -0.1) is 20.4 Å². The quantitative estimate of drug-likeness (QED) is 0.00242. The standard InChI is InChI=1S/C20H21FN4O3.C12H12FIN4O.C12H14FIN4O.C8H11BO4.C7H3F4NO5S.C6H3FINO2.C6H5FIN.C6H4FNO3.C6H10N2O/c1-4-9-23-20(26)19-17(22)13-7-8-14(21)16(18(13)24-25-19)12-6-5-11(27-2)10-15(12)28-3;1-2-5-16-12(19)11-9(15)6-3-4-7(13)8(14)10(6)17-18-11;1-2-6-16-12(19)10(7-15)18-17-9-5-3-4-8(13)11(9)14;1-12-6-3-4-7(9(10)11)8(5-6)13-2;8-4-2-1-3-5(12(13)14)6(4)17-18(15,16)7(9,10)11;7-4-2-1-3-5(6(4)8)9(10)11;7-4-2-1-3-5(9)6(4)8;7-4-2-1-3-5(6(4)9)8(10)11;1-3-4-8-6(9)5-7-2/h5-8,10H,4,9H2,1-3H3,(H2,22,24)(H,23,26);3-4H,2,5H2,1H3,(H2,15,17)(H,16,19);5,17H,2-4,6H2,1H3,(H,16,19);3-5,10-11H,1-2H3;1-3H;1-3H;1-3H,9H2;1-3,9H;3-5H2,1H3,(H,8,9)/b;;18-10+;;;;;;. The number of hydrogen-bond acceptors (Lipinski definition) is 30. The Labute approximate surface area is 829 Å². The lowest BCUT2D eigenvalue weighted by atomic mass is 9.79. The third-order valence-corrected chi connectivity index (χ3v) is 22.1. The van der Waals surface area contributed by atoms with E-state index in [0.29, 0.717) is 124 Å². The maximum atomic E-state index is 14.8. The summed E-state index contributed by atoms with van der Waals surface area (Å²) in [6.07, 6.45) is 6.01. The summed E-state index contributed by atoms with van der Waals surface area (Å²) in [7, 11) is -1.69. The van der Waals surface area contributed by atoms with E-state index < -0.39 is 95.5 Å². The first-order chi connectivity index (χ1) is 64.7. The molecule has 54 heteroatoms. The summed E-state index contributed by atoms with van der Waals surface area (Å²) >= 11 is 7.17. The number of allylic oxidation sites excluding steroid dienone is 3. The molecule has 1 aliphatic rings. The number of carbonyl (C=O) groups excluding carboxylic acids is 4. The number of nitro benzene ring substituents is 3. The van der Waals surface area contributed by atoms with Crippen molar-refractivity contribution < 1.29 is 125 Å². The molecule has 11 rings (SSSR count). The first-order valence-corrected chi connectivity index (χ1v) is 44.6. The number of ether oxygens (including phenoxy) is 4. The molecule has 2 heterocycles. The third-order valence-electron chi connectivity index (χ3n) is 16.7. The minimum atomic E-state index is -6.17. The molecule has 38 nitrogen and oxygen atoms in total. The number of nitrogens with zero attached hydrogens (tertiary/aromatic N) is 10. The summed E-state index contributed by atoms with van der Waals surface area (Å²) in [5.74, 6) is -6.53. The molecule has 0 aliphatic heterocycles. The molecule has 4 amide bonds. The molecule has 8 aromatic carbocycles. The largest absolute Gasteiger partial charge is 0.534 e. The Bertz CT molecular complexity index is 6180. The van der Waals surface area contributed by atoms with Gasteiger partial charge in [0.25, 0.3) is 41.6 Å². The average molecular weight is 2390 g/mol. The van der Waals surface area contributed by atoms with Gasteiger partial charge in [0.05, 0.1) is 71.0 Å². The number of nitriles is 1. The van der Waals surface area contributed by atoms with Gasteiger partial charge in [-0.05, 0) is 195 Å². The molecule has 0 atom stereocenters. The number of halogens is 14. The number of para-hydroxylation sites is 2. The molecule has 0 saturated heterocycles. The lowest BCUT2D eigenvalue weighted by Gasteiger charge is -2.14. The summed E-state index contributed by atoms with van der Waals surface area (Å²) < 4.78 is 175. The summed E-state index contributed by atoms with van der Waals surface area (Å²) in [4.78, 5) is 77.0. The van der Waals surface area contributed by atoms with Gasteiger partial charge in [0.2, 0.25) is 11.5 Å². The Morgan fingerprint density at radius 1 is 0.591 bits per heavy atom. The number of rotatable bonds is 25. The van der Waals surface area contributed by atoms with Crippen LogP contribution in [0, 0.1) is 93.9 Å². The molecule has 0 radical (unpaired) electrons. The van der Waals surface area contributed by atoms with E-state index in [4.69, 9.17) is 63.1 Å². The van der Waals surface area contributed by atoms with Crippen LogP contribution >= 0.6 is 90.4 Å². The predicted octanol–water partition coefficient (Wildman–Crippen LogP) is 15.1. The van der Waals surface area contributed by atoms with Crippen LogP contribution in [0.3, 0.4) is 0 Å². The summed E-state index contributed by atoms with van der Waals surface area (Å²) in [5.41, 5.74) is 14.9. The predicted molar refractivity (Wildman–Crippen MR) is 520 cm³/mol. The third kappa shape index (κ3) is 36.1. The number of fused-ring (bicyclic) bond motifs is 2. The van der Waals surface area contributed by atoms with Crippen LogP contribution in [0.1, 0.15) is 87.2 Å². The number of aromatic hydroxyl groups is 1. The van der Waals surface area contributed by atoms with Crippen LogP contribution in [0.15, 0.2) is 160 Å². The van der Waals surface area contributed by atoms with Crippen LogP contribution in [-0.2, 0) is 19.7 Å². The van der Waals surface area contributed by atoms with Crippen molar-refractivity contribution in [3.63, 3.8) is 0 Å². The number of nitro groups is 3. The van der Waals surface area contributed by atoms with Crippen LogP contribution < -0.4 is 72.5 Å². The van der Waals surface area contributed by atoms with Crippen LogP contribution in [-0.4, -0.2) is 162 Å². The molecule has 0 spiro atoms. The topological polar surface area (TPSA) is 569 Å². The first-order valence-electron chi connectivity index (χ1n) is 38.9. The van der Waals surface area contributed by atoms with Gasteiger partial charge in [-0.3, -0.25) is 54.9 Å². The molecular formula is C83H83BF10I4N18O20S. The second-order valence-electron chi connectivity index (χ2n) is 26.2. The van der Waals surface area contributed by atoms with Gasteiger partial charge < -0.3 is 81.6 Å². The van der Waals surface area contributed by atoms with Gasteiger partial charge in [-0.1, -0.05) is 64.1 Å². The van der Waals surface area contributed by atoms with Gasteiger partial charge in [0.15, 0.2) is 23.0 Å². The minimum Gasteiger partial charge on any atom is -0.500 e. The number of nitrogens with one attached hydrogen (secondary N) is 5. The van der Waals surface area contributed by atoms with Crippen LogP contribution in [0.25, 0.3) is 37.8 Å². The molecule has 732 valence electrons. The molecule has 137 heavy (non-hydrogen) atoms. The highest BCUT2D eigenvalue weighted by Crippen LogP contribution is 2.41. The number of aromatic nitrogens is 4. The van der Waals surface area contributed by atoms with Crippen molar-refractivity contribution in [1.82, 2.24) is 47.1 Å². The number of amides is 4. The number of anilines is 3. The Kier molecular flexibility index (Phi) is 50.8. The average Bonchev–Trinajstić information content (AvgIpc) is 0.756. The molecule has 0 fully saturated rings. The summed E-state index contributed by atoms with van der Waals surface area (Å²) in [5, 5.41) is 97.1. The zero-order valence-corrected chi connectivity index (χ0v) is 82.3. The van der Waals surface area contributed by atoms with E-state index in [9.17, 15) is 102 Å². The highest BCUT2D eigenvalue weighted by molar-refractivity contribution is 14.1. The van der Waals surface area contributed by atoms with Gasteiger partial charge in [-0.2, -0.15) is 32.0 Å². The monoisotopic (exact) mass is 2390 g/mol. The van der Waals surface area contributed by atoms with E-state index >= 15 is 0 Å². The number of nitrogens with two attached hydrogens (primary N) is 3. The van der Waals surface area contributed by atoms with Crippen LogP contribution in [0.4, 0.5) is 78.0 Å². The summed E-state index contributed by atoms with van der Waals surface area (Å²) in [6, 6.07) is 30.6. The van der Waals surface area contributed by atoms with Gasteiger partial charge >= 0.3 is 34.1 Å². The fourth-order valence-corrected chi connectivity index (χ4v) is 12.6. The highest BCUT2D eigenvalue weighted by atomic mass is 127. The fraction of sp³-hybridized carbons (Fsp3) is 0.241. The van der Waals surface area contributed by atoms with E-state index in [1.165, 1.54) is 77.0 Å². The molecule has 14 N–H and O–H groups in total. The molecule has 1 aliphatic carbocycles. The Hall–Kier alpha value is -13.2. The van der Waals surface area contributed by atoms with Crippen molar-refractivity contribution in [3.8, 4) is 51.7 Å². The van der Waals surface area contributed by atoms with Crippen molar-refractivity contribution in [1.29, 1.82) is 5.26 Å². The van der Waals surface area contributed by atoms with Gasteiger partial charge in [-0.25, -0.2) is 37.3 Å². The van der Waals surface area contributed by atoms with E-state index in [0.717, 1.165) is 49.9 Å². The molecule has 10 aromatic rings. The lowest BCUT2D eigenvalue weighted by Crippen LogP contribution is -2.32. The number of carbonyl (C=O) groups is 4. The van der Waals surface area contributed by atoms with Crippen LogP contribution in [0.2, 0.25) is 0 Å². The van der Waals surface area contributed by atoms with Crippen molar-refractivity contribution in [2.24, 2.45) is 5.10 Å². The number of hydrogen-bond donors (Lipinski definition) is 11. The van der Waals surface area contributed by atoms with E-state index in [1.54, 1.807) is 83.3 Å². The number of methoxy groups -OCH3 is 4. The smallest absolute Gasteiger partial charge is 0.500 e. The first kappa shape index (κ1) is 118. The Balaban J connectivity index is 0.000000406. The van der Waals surface area contributed by atoms with Crippen molar-refractivity contribution in [2.45, 2.75) is 71.7 Å². The maximum absolute atomic E-state index is 14.8. The molecule has 2 aromatic heterocycles. The zero-order chi connectivity index (χ0) is 103. The van der Waals surface area contributed by atoms with E-state index in [2.05, 4.69) is 61.2 Å². The number of benzene rings is 8. The second kappa shape index (κ2) is 58.9. The molecule has 0 saturated carbocycles. The van der Waals surface area contributed by atoms with E-state index in [1.807, 2.05) is 95.5 Å². The van der Waals surface area contributed by atoms with Crippen molar-refractivity contribution in [3.05, 3.63) is 253 Å². The lowest BCUT2D eigenvalue weighted by molar-refractivity contribution is -0.386. The number of nitrogen functional groups attached to an aromatic ring is 3. The van der Waals surface area contributed by atoms with Gasteiger partial charge in [0, 0.05) is 96.0 Å². The highest BCUT2D eigenvalue weighted by Gasteiger charge is 2.50.